The largest absolute Gasteiger partial charge is 0.493 e. The average molecular weight is 562 g/mol. The summed E-state index contributed by atoms with van der Waals surface area (Å²) in [5, 5.41) is 8.90. The summed E-state index contributed by atoms with van der Waals surface area (Å²) in [4.78, 5) is 16.1. The number of hydrogen-bond donors (Lipinski definition) is 3. The van der Waals surface area contributed by atoms with Gasteiger partial charge in [-0.3, -0.25) is 9.79 Å². The van der Waals surface area contributed by atoms with Crippen molar-refractivity contribution in [3.05, 3.63) is 59.7 Å². The number of carbonyl (C=O) groups excluding carboxylic acids is 1. The number of aliphatic imine (C=N–C) groups is 1. The SMILES string of the molecule is CCCOc1ccc(CNC(=NC)NCCNC(=O)c2ccccc2)c(OC(F)F)c1.I. The monoisotopic (exact) mass is 562 g/mol. The van der Waals surface area contributed by atoms with Crippen molar-refractivity contribution < 1.29 is 23.0 Å². The lowest BCUT2D eigenvalue weighted by Crippen LogP contribution is -2.41. The van der Waals surface area contributed by atoms with E-state index in [0.29, 0.717) is 42.5 Å². The lowest BCUT2D eigenvalue weighted by Gasteiger charge is -2.16. The first-order valence-corrected chi connectivity index (χ1v) is 10.0. The Morgan fingerprint density at radius 3 is 2.44 bits per heavy atom. The number of alkyl halides is 2. The predicted octanol–water partition coefficient (Wildman–Crippen LogP) is 3.79. The molecule has 176 valence electrons. The summed E-state index contributed by atoms with van der Waals surface area (Å²) in [6.07, 6.45) is 0.808. The Morgan fingerprint density at radius 2 is 1.78 bits per heavy atom. The second-order valence-electron chi connectivity index (χ2n) is 6.47. The lowest BCUT2D eigenvalue weighted by atomic mass is 10.2. The van der Waals surface area contributed by atoms with Gasteiger partial charge in [0.1, 0.15) is 11.5 Å². The molecule has 0 aliphatic heterocycles. The summed E-state index contributed by atoms with van der Waals surface area (Å²) < 4.78 is 35.7. The molecule has 3 N–H and O–H groups in total. The molecule has 0 radical (unpaired) electrons. The standard InChI is InChI=1S/C22H28F2N4O3.HI/c1-3-13-30-18-10-9-17(19(14-18)31-21(23)24)15-28-22(25-2)27-12-11-26-20(29)16-7-5-4-6-8-16;/h4-10,14,21H,3,11-13,15H2,1-2H3,(H,26,29)(H2,25,27,28);1H. The number of guanidine groups is 1. The molecule has 2 rings (SSSR count). The van der Waals surface area contributed by atoms with E-state index in [1.165, 1.54) is 6.07 Å². The van der Waals surface area contributed by atoms with Gasteiger partial charge in [0, 0.05) is 43.9 Å². The molecule has 7 nitrogen and oxygen atoms in total. The molecule has 0 spiro atoms. The van der Waals surface area contributed by atoms with E-state index in [9.17, 15) is 13.6 Å². The lowest BCUT2D eigenvalue weighted by molar-refractivity contribution is -0.0505. The van der Waals surface area contributed by atoms with Gasteiger partial charge in [0.05, 0.1) is 6.61 Å². The van der Waals surface area contributed by atoms with Gasteiger partial charge >= 0.3 is 6.61 Å². The molecule has 32 heavy (non-hydrogen) atoms. The van der Waals surface area contributed by atoms with Crippen molar-refractivity contribution in [3.8, 4) is 11.5 Å². The number of hydrogen-bond acceptors (Lipinski definition) is 4. The molecule has 0 aromatic heterocycles. The molecule has 2 aromatic rings. The van der Waals surface area contributed by atoms with Crippen molar-refractivity contribution in [2.24, 2.45) is 4.99 Å². The third-order valence-electron chi connectivity index (χ3n) is 4.14. The zero-order chi connectivity index (χ0) is 22.5. The Hall–Kier alpha value is -2.63. The van der Waals surface area contributed by atoms with E-state index >= 15 is 0 Å². The highest BCUT2D eigenvalue weighted by Gasteiger charge is 2.12. The number of nitrogens with one attached hydrogen (secondary N) is 3. The van der Waals surface area contributed by atoms with Crippen LogP contribution in [-0.2, 0) is 6.54 Å². The van der Waals surface area contributed by atoms with Crippen LogP contribution < -0.4 is 25.4 Å². The predicted molar refractivity (Wildman–Crippen MR) is 131 cm³/mol. The molecule has 0 unspecified atom stereocenters. The van der Waals surface area contributed by atoms with E-state index < -0.39 is 6.61 Å². The van der Waals surface area contributed by atoms with Gasteiger partial charge in [-0.2, -0.15) is 8.78 Å². The third kappa shape index (κ3) is 9.67. The summed E-state index contributed by atoms with van der Waals surface area (Å²) in [5.41, 5.74) is 1.12. The minimum Gasteiger partial charge on any atom is -0.493 e. The van der Waals surface area contributed by atoms with Crippen molar-refractivity contribution in [2.75, 3.05) is 26.7 Å². The highest BCUT2D eigenvalue weighted by atomic mass is 127. The molecule has 0 aliphatic rings. The van der Waals surface area contributed by atoms with Crippen LogP contribution in [0.1, 0.15) is 29.3 Å². The molecule has 0 saturated heterocycles. The van der Waals surface area contributed by atoms with Gasteiger partial charge in [0.2, 0.25) is 0 Å². The second-order valence-corrected chi connectivity index (χ2v) is 6.47. The average Bonchev–Trinajstić information content (AvgIpc) is 2.78. The number of rotatable bonds is 11. The van der Waals surface area contributed by atoms with Crippen LogP contribution in [0, 0.1) is 0 Å². The first-order chi connectivity index (χ1) is 15.0. The van der Waals surface area contributed by atoms with Crippen molar-refractivity contribution in [2.45, 2.75) is 26.5 Å². The van der Waals surface area contributed by atoms with E-state index in [0.717, 1.165) is 6.42 Å². The number of ether oxygens (including phenoxy) is 2. The summed E-state index contributed by atoms with van der Waals surface area (Å²) in [7, 11) is 1.59. The van der Waals surface area contributed by atoms with Gasteiger partial charge < -0.3 is 25.4 Å². The Morgan fingerprint density at radius 1 is 1.06 bits per heavy atom. The van der Waals surface area contributed by atoms with Gasteiger partial charge in [-0.25, -0.2) is 0 Å². The zero-order valence-electron chi connectivity index (χ0n) is 18.1. The molecular formula is C22H29F2IN4O3. The van der Waals surface area contributed by atoms with Gasteiger partial charge in [-0.05, 0) is 30.7 Å². The van der Waals surface area contributed by atoms with Crippen molar-refractivity contribution in [1.29, 1.82) is 0 Å². The molecular weight excluding hydrogens is 533 g/mol. The van der Waals surface area contributed by atoms with Crippen molar-refractivity contribution in [1.82, 2.24) is 16.0 Å². The van der Waals surface area contributed by atoms with Crippen LogP contribution in [0.3, 0.4) is 0 Å². The molecule has 10 heteroatoms. The molecule has 0 atom stereocenters. The highest BCUT2D eigenvalue weighted by Crippen LogP contribution is 2.26. The van der Waals surface area contributed by atoms with Crippen LogP contribution >= 0.6 is 24.0 Å². The molecule has 0 aliphatic carbocycles. The van der Waals surface area contributed by atoms with E-state index in [4.69, 9.17) is 4.74 Å². The fourth-order valence-corrected chi connectivity index (χ4v) is 2.64. The zero-order valence-corrected chi connectivity index (χ0v) is 20.4. The number of halogens is 3. The second kappa shape index (κ2) is 15.2. The maximum absolute atomic E-state index is 12.8. The van der Waals surface area contributed by atoms with Crippen molar-refractivity contribution >= 4 is 35.8 Å². The van der Waals surface area contributed by atoms with Crippen LogP contribution in [0.2, 0.25) is 0 Å². The third-order valence-corrected chi connectivity index (χ3v) is 4.14. The molecule has 0 bridgehead atoms. The van der Waals surface area contributed by atoms with Crippen molar-refractivity contribution in [3.63, 3.8) is 0 Å². The Kier molecular flexibility index (Phi) is 13.0. The van der Waals surface area contributed by atoms with E-state index in [1.807, 2.05) is 13.0 Å². The number of benzene rings is 2. The summed E-state index contributed by atoms with van der Waals surface area (Å²) in [5.74, 6) is 0.812. The number of amides is 1. The first-order valence-electron chi connectivity index (χ1n) is 10.0. The molecule has 0 heterocycles. The van der Waals surface area contributed by atoms with Crippen LogP contribution in [0.4, 0.5) is 8.78 Å². The van der Waals surface area contributed by atoms with Crippen LogP contribution in [0.5, 0.6) is 11.5 Å². The van der Waals surface area contributed by atoms with Crippen LogP contribution in [0.15, 0.2) is 53.5 Å². The number of nitrogens with zero attached hydrogens (tertiary/aromatic N) is 1. The summed E-state index contributed by atoms with van der Waals surface area (Å²) >= 11 is 0. The van der Waals surface area contributed by atoms with E-state index in [-0.39, 0.29) is 42.2 Å². The topological polar surface area (TPSA) is 84.0 Å². The maximum Gasteiger partial charge on any atom is 0.387 e. The first kappa shape index (κ1) is 27.4. The smallest absolute Gasteiger partial charge is 0.387 e. The highest BCUT2D eigenvalue weighted by molar-refractivity contribution is 14.0. The Balaban J connectivity index is 0.00000512. The molecule has 0 saturated carbocycles. The van der Waals surface area contributed by atoms with Gasteiger partial charge in [0.15, 0.2) is 5.96 Å². The molecule has 1 amide bonds. The van der Waals surface area contributed by atoms with Crippen LogP contribution in [-0.4, -0.2) is 45.2 Å². The number of carbonyl (C=O) groups is 1. The normalized spacial score (nSPS) is 10.8. The fraction of sp³-hybridized carbons (Fsp3) is 0.364. The van der Waals surface area contributed by atoms with Gasteiger partial charge in [0.25, 0.3) is 5.91 Å². The summed E-state index contributed by atoms with van der Waals surface area (Å²) in [6.45, 7) is 0.543. The minimum absolute atomic E-state index is 0. The molecule has 2 aromatic carbocycles. The quantitative estimate of drug-likeness (QED) is 0.168. The Labute approximate surface area is 204 Å². The van der Waals surface area contributed by atoms with E-state index in [2.05, 4.69) is 25.7 Å². The molecule has 0 fully saturated rings. The minimum atomic E-state index is -2.94. The maximum atomic E-state index is 12.8. The van der Waals surface area contributed by atoms with E-state index in [1.54, 1.807) is 43.4 Å². The fourth-order valence-electron chi connectivity index (χ4n) is 2.64. The summed E-state index contributed by atoms with van der Waals surface area (Å²) in [6, 6.07) is 13.7. The van der Waals surface area contributed by atoms with Gasteiger partial charge in [-0.1, -0.05) is 25.1 Å². The van der Waals surface area contributed by atoms with Gasteiger partial charge in [-0.15, -0.1) is 24.0 Å². The van der Waals surface area contributed by atoms with Crippen LogP contribution in [0.25, 0.3) is 0 Å². The Bertz CT molecular complexity index is 854.